The van der Waals surface area contributed by atoms with Crippen LogP contribution in [0.1, 0.15) is 30.2 Å². The summed E-state index contributed by atoms with van der Waals surface area (Å²) >= 11 is 1.51. The van der Waals surface area contributed by atoms with Crippen molar-refractivity contribution in [3.8, 4) is 33.3 Å². The molecule has 0 amide bonds. The number of benzene rings is 2. The van der Waals surface area contributed by atoms with Gasteiger partial charge in [0.2, 0.25) is 0 Å². The summed E-state index contributed by atoms with van der Waals surface area (Å²) in [6.45, 7) is 3.14. The molecule has 204 valence electrons. The summed E-state index contributed by atoms with van der Waals surface area (Å²) in [4.78, 5) is 25.1. The van der Waals surface area contributed by atoms with Gasteiger partial charge < -0.3 is 18.8 Å². The van der Waals surface area contributed by atoms with Crippen LogP contribution >= 0.6 is 11.3 Å². The van der Waals surface area contributed by atoms with Gasteiger partial charge in [0.1, 0.15) is 28.8 Å². The normalized spacial score (nSPS) is 10.8. The zero-order valence-electron chi connectivity index (χ0n) is 22.4. The minimum absolute atomic E-state index is 0.187. The lowest BCUT2D eigenvalue weighted by molar-refractivity contribution is -0.143. The molecule has 5 aromatic rings. The van der Waals surface area contributed by atoms with Gasteiger partial charge in [-0.3, -0.25) is 14.8 Å². The zero-order valence-corrected chi connectivity index (χ0v) is 23.3. The predicted molar refractivity (Wildman–Crippen MR) is 154 cm³/mol. The maximum Gasteiger partial charge on any atom is 0.306 e. The second kappa shape index (κ2) is 13.0. The van der Waals surface area contributed by atoms with Gasteiger partial charge in [0.15, 0.2) is 0 Å². The Morgan fingerprint density at radius 2 is 1.90 bits per heavy atom. The van der Waals surface area contributed by atoms with E-state index in [1.165, 1.54) is 11.3 Å². The standard InChI is InChI=1S/C31H30N4O4S/c1-3-38-30(36)10-9-24-18-35(19-28(24)23-7-5-4-6-8-23)17-22-13-26(37-2)15-27(14-22)39-20-25-21-40-31(34-25)29-16-32-11-12-33-29/h4-8,11-16,18-19,21H,3,9-10,17,20H2,1-2H3. The number of thiazole rings is 1. The van der Waals surface area contributed by atoms with Crippen molar-refractivity contribution in [1.82, 2.24) is 19.5 Å². The van der Waals surface area contributed by atoms with E-state index in [1.807, 2.05) is 48.7 Å². The second-order valence-corrected chi connectivity index (χ2v) is 9.94. The molecule has 0 bridgehead atoms. The van der Waals surface area contributed by atoms with Gasteiger partial charge in [-0.05, 0) is 42.2 Å². The lowest BCUT2D eigenvalue weighted by Gasteiger charge is -2.11. The maximum atomic E-state index is 12.0. The summed E-state index contributed by atoms with van der Waals surface area (Å²) in [6, 6.07) is 16.1. The Balaban J connectivity index is 1.33. The van der Waals surface area contributed by atoms with Crippen molar-refractivity contribution in [3.05, 3.63) is 102 Å². The van der Waals surface area contributed by atoms with Crippen molar-refractivity contribution in [1.29, 1.82) is 0 Å². The molecule has 0 aliphatic heterocycles. The number of ether oxygens (including phenoxy) is 3. The fraction of sp³-hybridized carbons (Fsp3) is 0.226. The Morgan fingerprint density at radius 3 is 2.67 bits per heavy atom. The smallest absolute Gasteiger partial charge is 0.306 e. The predicted octanol–water partition coefficient (Wildman–Crippen LogP) is 6.20. The number of carbonyl (C=O) groups is 1. The third-order valence-corrected chi connectivity index (χ3v) is 7.13. The number of rotatable bonds is 12. The topological polar surface area (TPSA) is 88.4 Å². The van der Waals surface area contributed by atoms with Crippen LogP contribution in [0.25, 0.3) is 21.8 Å². The second-order valence-electron chi connectivity index (χ2n) is 9.08. The van der Waals surface area contributed by atoms with E-state index < -0.39 is 0 Å². The Hall–Kier alpha value is -4.50. The third-order valence-electron chi connectivity index (χ3n) is 6.21. The molecule has 3 aromatic heterocycles. The molecule has 0 radical (unpaired) electrons. The van der Waals surface area contributed by atoms with Gasteiger partial charge in [0.05, 0.1) is 25.6 Å². The largest absolute Gasteiger partial charge is 0.497 e. The number of esters is 1. The SMILES string of the molecule is CCOC(=O)CCc1cn(Cc2cc(OC)cc(OCc3csc(-c4cnccn4)n3)c2)cc1-c1ccccc1. The first-order valence-corrected chi connectivity index (χ1v) is 13.9. The molecule has 9 heteroatoms. The number of carbonyl (C=O) groups excluding carboxylic acids is 1. The van der Waals surface area contributed by atoms with Crippen molar-refractivity contribution >= 4 is 17.3 Å². The first kappa shape index (κ1) is 27.1. The number of aromatic nitrogens is 4. The average molecular weight is 555 g/mol. The van der Waals surface area contributed by atoms with E-state index in [0.29, 0.717) is 44.1 Å². The molecular weight excluding hydrogens is 524 g/mol. The van der Waals surface area contributed by atoms with Crippen LogP contribution in [0, 0.1) is 0 Å². The van der Waals surface area contributed by atoms with Crippen LogP contribution < -0.4 is 9.47 Å². The van der Waals surface area contributed by atoms with Crippen LogP contribution in [0.5, 0.6) is 11.5 Å². The van der Waals surface area contributed by atoms with E-state index in [1.54, 1.807) is 25.7 Å². The molecule has 0 aliphatic carbocycles. The monoisotopic (exact) mass is 554 g/mol. The fourth-order valence-corrected chi connectivity index (χ4v) is 5.15. The molecule has 0 saturated carbocycles. The molecule has 0 aliphatic rings. The summed E-state index contributed by atoms with van der Waals surface area (Å²) in [5.74, 6) is 1.22. The average Bonchev–Trinajstić information content (AvgIpc) is 3.63. The Kier molecular flexibility index (Phi) is 8.83. The molecule has 40 heavy (non-hydrogen) atoms. The van der Waals surface area contributed by atoms with E-state index in [9.17, 15) is 4.79 Å². The number of aryl methyl sites for hydroxylation is 1. The van der Waals surface area contributed by atoms with Crippen molar-refractivity contribution < 1.29 is 19.0 Å². The minimum Gasteiger partial charge on any atom is -0.497 e. The van der Waals surface area contributed by atoms with Gasteiger partial charge in [0, 0.05) is 54.8 Å². The summed E-state index contributed by atoms with van der Waals surface area (Å²) in [5, 5.41) is 2.77. The van der Waals surface area contributed by atoms with Gasteiger partial charge in [-0.2, -0.15) is 0 Å². The van der Waals surface area contributed by atoms with E-state index in [4.69, 9.17) is 14.2 Å². The minimum atomic E-state index is -0.187. The van der Waals surface area contributed by atoms with Gasteiger partial charge in [0.25, 0.3) is 0 Å². The molecule has 8 nitrogen and oxygen atoms in total. The Labute approximate surface area is 237 Å². The molecular formula is C31H30N4O4S. The van der Waals surface area contributed by atoms with E-state index in [-0.39, 0.29) is 5.97 Å². The lowest BCUT2D eigenvalue weighted by atomic mass is 10.0. The van der Waals surface area contributed by atoms with Gasteiger partial charge in [-0.1, -0.05) is 30.3 Å². The Morgan fingerprint density at radius 1 is 1.05 bits per heavy atom. The summed E-state index contributed by atoms with van der Waals surface area (Å²) < 4.78 is 19.0. The first-order valence-electron chi connectivity index (χ1n) is 13.0. The fourth-order valence-electron chi connectivity index (χ4n) is 4.39. The molecule has 5 rings (SSSR count). The van der Waals surface area contributed by atoms with Gasteiger partial charge in [-0.15, -0.1) is 11.3 Å². The van der Waals surface area contributed by atoms with Crippen LogP contribution in [0.3, 0.4) is 0 Å². The van der Waals surface area contributed by atoms with Gasteiger partial charge >= 0.3 is 5.97 Å². The number of nitrogens with zero attached hydrogens (tertiary/aromatic N) is 4. The number of hydrogen-bond donors (Lipinski definition) is 0. The lowest BCUT2D eigenvalue weighted by Crippen LogP contribution is -2.05. The molecule has 0 N–H and O–H groups in total. The highest BCUT2D eigenvalue weighted by atomic mass is 32.1. The quantitative estimate of drug-likeness (QED) is 0.170. The van der Waals surface area contributed by atoms with Crippen LogP contribution in [-0.2, 0) is 29.1 Å². The van der Waals surface area contributed by atoms with Crippen molar-refractivity contribution in [2.24, 2.45) is 0 Å². The molecule has 2 aromatic carbocycles. The van der Waals surface area contributed by atoms with Crippen molar-refractivity contribution in [2.75, 3.05) is 13.7 Å². The van der Waals surface area contributed by atoms with Crippen LogP contribution in [0.4, 0.5) is 0 Å². The Bertz CT molecular complexity index is 1550. The zero-order chi connectivity index (χ0) is 27.7. The van der Waals surface area contributed by atoms with Crippen molar-refractivity contribution in [2.45, 2.75) is 32.9 Å². The summed E-state index contributed by atoms with van der Waals surface area (Å²) in [7, 11) is 1.65. The molecule has 0 fully saturated rings. The molecule has 0 atom stereocenters. The first-order chi connectivity index (χ1) is 19.6. The summed E-state index contributed by atoms with van der Waals surface area (Å²) in [5.41, 5.74) is 5.90. The molecule has 3 heterocycles. The van der Waals surface area contributed by atoms with E-state index >= 15 is 0 Å². The van der Waals surface area contributed by atoms with Crippen molar-refractivity contribution in [3.63, 3.8) is 0 Å². The highest BCUT2D eigenvalue weighted by Crippen LogP contribution is 2.29. The number of hydrogen-bond acceptors (Lipinski definition) is 8. The third kappa shape index (κ3) is 6.92. The molecule has 0 saturated heterocycles. The molecule has 0 unspecified atom stereocenters. The molecule has 0 spiro atoms. The highest BCUT2D eigenvalue weighted by molar-refractivity contribution is 7.13. The summed E-state index contributed by atoms with van der Waals surface area (Å²) in [6.07, 6.45) is 10.2. The maximum absolute atomic E-state index is 12.0. The van der Waals surface area contributed by atoms with Crippen LogP contribution in [0.2, 0.25) is 0 Å². The number of methoxy groups -OCH3 is 1. The van der Waals surface area contributed by atoms with E-state index in [2.05, 4.69) is 44.0 Å². The van der Waals surface area contributed by atoms with Crippen LogP contribution in [0.15, 0.2) is 84.9 Å². The van der Waals surface area contributed by atoms with E-state index in [0.717, 1.165) is 38.6 Å². The van der Waals surface area contributed by atoms with Crippen LogP contribution in [-0.4, -0.2) is 39.2 Å². The van der Waals surface area contributed by atoms with Gasteiger partial charge in [-0.25, -0.2) is 4.98 Å². The highest BCUT2D eigenvalue weighted by Gasteiger charge is 2.13.